The van der Waals surface area contributed by atoms with Gasteiger partial charge in [-0.2, -0.15) is 0 Å². The predicted octanol–water partition coefficient (Wildman–Crippen LogP) is 1.17. The van der Waals surface area contributed by atoms with Crippen molar-refractivity contribution in [2.45, 2.75) is 6.42 Å². The van der Waals surface area contributed by atoms with E-state index in [1.807, 2.05) is 6.07 Å². The number of anilines is 2. The van der Waals surface area contributed by atoms with Crippen LogP contribution in [0.4, 0.5) is 11.4 Å². The molecule has 0 aliphatic carbocycles. The van der Waals surface area contributed by atoms with E-state index in [4.69, 9.17) is 0 Å². The van der Waals surface area contributed by atoms with Gasteiger partial charge < -0.3 is 15.5 Å². The summed E-state index contributed by atoms with van der Waals surface area (Å²) in [7, 11) is 0. The number of halogens is 1. The topological polar surface area (TPSA) is 44.4 Å². The van der Waals surface area contributed by atoms with Gasteiger partial charge in [-0.15, -0.1) is 17.0 Å². The molecule has 3 rings (SSSR count). The molecule has 1 amide bonds. The van der Waals surface area contributed by atoms with Crippen molar-refractivity contribution in [1.29, 1.82) is 0 Å². The quantitative estimate of drug-likeness (QED) is 0.818. The van der Waals surface area contributed by atoms with Gasteiger partial charge in [0.25, 0.3) is 0 Å². The first kappa shape index (κ1) is 12.4. The van der Waals surface area contributed by atoms with Crippen molar-refractivity contribution in [3.05, 3.63) is 23.8 Å². The van der Waals surface area contributed by atoms with Crippen LogP contribution in [0.2, 0.25) is 0 Å². The van der Waals surface area contributed by atoms with Gasteiger partial charge in [-0.25, -0.2) is 0 Å². The number of amides is 1. The van der Waals surface area contributed by atoms with Crippen molar-refractivity contribution >= 4 is 34.3 Å². The predicted molar refractivity (Wildman–Crippen MR) is 74.2 cm³/mol. The molecule has 0 atom stereocenters. The molecule has 0 radical (unpaired) electrons. The lowest BCUT2D eigenvalue weighted by atomic mass is 10.1. The Hall–Kier alpha value is -1.07. The highest BCUT2D eigenvalue weighted by atomic mass is 79.9. The number of carbonyl (C=O) groups is 1. The van der Waals surface area contributed by atoms with Crippen molar-refractivity contribution in [2.75, 3.05) is 36.4 Å². The fourth-order valence-corrected chi connectivity index (χ4v) is 2.34. The van der Waals surface area contributed by atoms with E-state index < -0.39 is 0 Å². The third kappa shape index (κ3) is 2.45. The van der Waals surface area contributed by atoms with E-state index in [1.54, 1.807) is 0 Å². The zero-order chi connectivity index (χ0) is 11.0. The van der Waals surface area contributed by atoms with Gasteiger partial charge in [-0.05, 0) is 23.8 Å². The van der Waals surface area contributed by atoms with Crippen LogP contribution >= 0.6 is 17.0 Å². The first-order chi connectivity index (χ1) is 7.83. The molecule has 0 spiro atoms. The largest absolute Gasteiger partial charge is 0.369 e. The van der Waals surface area contributed by atoms with Crippen molar-refractivity contribution in [3.63, 3.8) is 0 Å². The van der Waals surface area contributed by atoms with Gasteiger partial charge in [0.2, 0.25) is 5.91 Å². The Bertz CT molecular complexity index is 430. The third-order valence-electron chi connectivity index (χ3n) is 3.20. The van der Waals surface area contributed by atoms with E-state index in [1.165, 1.54) is 5.69 Å². The second-order valence-electron chi connectivity index (χ2n) is 4.30. The van der Waals surface area contributed by atoms with Crippen LogP contribution in [0.25, 0.3) is 0 Å². The Morgan fingerprint density at radius 2 is 1.94 bits per heavy atom. The Morgan fingerprint density at radius 1 is 1.18 bits per heavy atom. The molecule has 92 valence electrons. The van der Waals surface area contributed by atoms with E-state index in [0.717, 1.165) is 37.4 Å². The monoisotopic (exact) mass is 297 g/mol. The number of rotatable bonds is 1. The molecule has 2 heterocycles. The van der Waals surface area contributed by atoms with Gasteiger partial charge in [0.15, 0.2) is 0 Å². The maximum absolute atomic E-state index is 11.3. The van der Waals surface area contributed by atoms with Crippen LogP contribution in [0, 0.1) is 0 Å². The zero-order valence-corrected chi connectivity index (χ0v) is 11.2. The number of hydrogen-bond acceptors (Lipinski definition) is 3. The normalized spacial score (nSPS) is 18.4. The molecule has 2 aliphatic heterocycles. The Labute approximate surface area is 111 Å². The Balaban J connectivity index is 0.00000108. The summed E-state index contributed by atoms with van der Waals surface area (Å²) in [6, 6.07) is 6.24. The summed E-state index contributed by atoms with van der Waals surface area (Å²) in [5.74, 6) is 0.104. The van der Waals surface area contributed by atoms with Gasteiger partial charge in [0.1, 0.15) is 0 Å². The summed E-state index contributed by atoms with van der Waals surface area (Å²) in [5.41, 5.74) is 3.33. The fraction of sp³-hybridized carbons (Fsp3) is 0.417. The molecule has 0 aromatic heterocycles. The smallest absolute Gasteiger partial charge is 0.228 e. The molecule has 1 aromatic carbocycles. The van der Waals surface area contributed by atoms with Gasteiger partial charge in [-0.3, -0.25) is 4.79 Å². The molecular formula is C12H16BrN3O. The first-order valence-electron chi connectivity index (χ1n) is 5.71. The minimum Gasteiger partial charge on any atom is -0.369 e. The number of hydrogen-bond donors (Lipinski definition) is 2. The van der Waals surface area contributed by atoms with Crippen molar-refractivity contribution in [2.24, 2.45) is 0 Å². The van der Waals surface area contributed by atoms with Gasteiger partial charge in [0.05, 0.1) is 6.42 Å². The summed E-state index contributed by atoms with van der Waals surface area (Å²) in [5, 5.41) is 6.19. The second-order valence-corrected chi connectivity index (χ2v) is 4.30. The highest BCUT2D eigenvalue weighted by molar-refractivity contribution is 8.93. The summed E-state index contributed by atoms with van der Waals surface area (Å²) in [6.45, 7) is 4.16. The Morgan fingerprint density at radius 3 is 2.71 bits per heavy atom. The fourth-order valence-electron chi connectivity index (χ4n) is 2.34. The summed E-state index contributed by atoms with van der Waals surface area (Å²) in [4.78, 5) is 13.6. The molecule has 1 aromatic rings. The van der Waals surface area contributed by atoms with Crippen LogP contribution in [0.15, 0.2) is 18.2 Å². The zero-order valence-electron chi connectivity index (χ0n) is 9.53. The molecule has 1 fully saturated rings. The van der Waals surface area contributed by atoms with E-state index in [2.05, 4.69) is 27.7 Å². The van der Waals surface area contributed by atoms with E-state index >= 15 is 0 Å². The SMILES string of the molecule is Br.O=C1Cc2cc(N3CCNCC3)ccc2N1. The van der Waals surface area contributed by atoms with E-state index in [9.17, 15) is 4.79 Å². The Kier molecular flexibility index (Phi) is 3.69. The summed E-state index contributed by atoms with van der Waals surface area (Å²) in [6.07, 6.45) is 0.523. The van der Waals surface area contributed by atoms with Crippen LogP contribution < -0.4 is 15.5 Å². The third-order valence-corrected chi connectivity index (χ3v) is 3.20. The molecule has 0 saturated carbocycles. The minimum atomic E-state index is 0. The lowest BCUT2D eigenvalue weighted by Crippen LogP contribution is -2.43. The average Bonchev–Trinajstić information content (AvgIpc) is 2.69. The van der Waals surface area contributed by atoms with Crippen LogP contribution in [-0.2, 0) is 11.2 Å². The maximum atomic E-state index is 11.3. The minimum absolute atomic E-state index is 0. The highest BCUT2D eigenvalue weighted by Gasteiger charge is 2.19. The van der Waals surface area contributed by atoms with Crippen molar-refractivity contribution in [1.82, 2.24) is 5.32 Å². The van der Waals surface area contributed by atoms with Crippen molar-refractivity contribution < 1.29 is 4.79 Å². The standard InChI is InChI=1S/C12H15N3O.BrH/c16-12-8-9-7-10(1-2-11(9)14-12)15-5-3-13-4-6-15;/h1-2,7,13H,3-6,8H2,(H,14,16);1H. The first-order valence-corrected chi connectivity index (χ1v) is 5.71. The van der Waals surface area contributed by atoms with Gasteiger partial charge in [-0.1, -0.05) is 0 Å². The number of piperazine rings is 1. The van der Waals surface area contributed by atoms with Gasteiger partial charge in [0, 0.05) is 37.6 Å². The molecule has 4 nitrogen and oxygen atoms in total. The molecule has 0 bridgehead atoms. The number of benzene rings is 1. The lowest BCUT2D eigenvalue weighted by Gasteiger charge is -2.29. The van der Waals surface area contributed by atoms with E-state index in [0.29, 0.717) is 6.42 Å². The molecule has 1 saturated heterocycles. The van der Waals surface area contributed by atoms with Crippen LogP contribution in [0.5, 0.6) is 0 Å². The molecule has 0 unspecified atom stereocenters. The highest BCUT2D eigenvalue weighted by Crippen LogP contribution is 2.27. The molecular weight excluding hydrogens is 282 g/mol. The van der Waals surface area contributed by atoms with Crippen molar-refractivity contribution in [3.8, 4) is 0 Å². The number of fused-ring (bicyclic) bond motifs is 1. The number of nitrogens with one attached hydrogen (secondary N) is 2. The van der Waals surface area contributed by atoms with Gasteiger partial charge >= 0.3 is 0 Å². The summed E-state index contributed by atoms with van der Waals surface area (Å²) >= 11 is 0. The van der Waals surface area contributed by atoms with Crippen LogP contribution in [0.3, 0.4) is 0 Å². The average molecular weight is 298 g/mol. The number of nitrogens with zero attached hydrogens (tertiary/aromatic N) is 1. The molecule has 5 heteroatoms. The van der Waals surface area contributed by atoms with E-state index in [-0.39, 0.29) is 22.9 Å². The van der Waals surface area contributed by atoms with Crippen LogP contribution in [0.1, 0.15) is 5.56 Å². The van der Waals surface area contributed by atoms with Crippen LogP contribution in [-0.4, -0.2) is 32.1 Å². The maximum Gasteiger partial charge on any atom is 0.228 e. The molecule has 17 heavy (non-hydrogen) atoms. The summed E-state index contributed by atoms with van der Waals surface area (Å²) < 4.78 is 0. The second kappa shape index (κ2) is 5.06. The molecule has 2 N–H and O–H groups in total. The molecule has 2 aliphatic rings. The lowest BCUT2D eigenvalue weighted by molar-refractivity contribution is -0.115. The number of carbonyl (C=O) groups excluding carboxylic acids is 1.